The first-order chi connectivity index (χ1) is 5.33. The van der Waals surface area contributed by atoms with E-state index in [-0.39, 0.29) is 0 Å². The lowest BCUT2D eigenvalue weighted by atomic mass is 10.3. The summed E-state index contributed by atoms with van der Waals surface area (Å²) >= 11 is 4.83. The zero-order chi connectivity index (χ0) is 8.10. The van der Waals surface area contributed by atoms with Crippen molar-refractivity contribution in [2.24, 2.45) is 0 Å². The number of aryl methyl sites for hydroxylation is 1. The van der Waals surface area contributed by atoms with Crippen LogP contribution < -0.4 is 0 Å². The summed E-state index contributed by atoms with van der Waals surface area (Å²) in [4.78, 5) is 0. The number of methoxy groups -OCH3 is 1. The van der Waals surface area contributed by atoms with E-state index in [1.54, 1.807) is 18.4 Å². The summed E-state index contributed by atoms with van der Waals surface area (Å²) in [5, 5.41) is 8.86. The zero-order valence-electron chi connectivity index (χ0n) is 6.21. The molecule has 62 valence electrons. The topological polar surface area (TPSA) is 35.0 Å². The SMILES string of the molecule is COCCCc1nnc(Br)s1. The number of hydrogen-bond acceptors (Lipinski definition) is 4. The van der Waals surface area contributed by atoms with Crippen LogP contribution in [0.3, 0.4) is 0 Å². The molecular weight excluding hydrogens is 228 g/mol. The molecule has 0 aliphatic heterocycles. The molecule has 1 aromatic rings. The van der Waals surface area contributed by atoms with Gasteiger partial charge in [-0.25, -0.2) is 0 Å². The first-order valence-corrected chi connectivity index (χ1v) is 4.90. The predicted molar refractivity (Wildman–Crippen MR) is 47.8 cm³/mol. The number of hydrogen-bond donors (Lipinski definition) is 0. The number of nitrogens with zero attached hydrogens (tertiary/aromatic N) is 2. The Morgan fingerprint density at radius 1 is 1.55 bits per heavy atom. The van der Waals surface area contributed by atoms with E-state index in [1.807, 2.05) is 0 Å². The highest BCUT2D eigenvalue weighted by Crippen LogP contribution is 2.16. The summed E-state index contributed by atoms with van der Waals surface area (Å²) in [5.41, 5.74) is 0. The van der Waals surface area contributed by atoms with Crippen molar-refractivity contribution in [1.29, 1.82) is 0 Å². The van der Waals surface area contributed by atoms with Crippen LogP contribution in [-0.2, 0) is 11.2 Å². The highest BCUT2D eigenvalue weighted by Gasteiger charge is 1.99. The minimum atomic E-state index is 0.789. The highest BCUT2D eigenvalue weighted by molar-refractivity contribution is 9.11. The van der Waals surface area contributed by atoms with Crippen molar-refractivity contribution in [3.63, 3.8) is 0 Å². The van der Waals surface area contributed by atoms with Crippen LogP contribution in [0.2, 0.25) is 0 Å². The molecule has 0 atom stereocenters. The van der Waals surface area contributed by atoms with E-state index in [9.17, 15) is 0 Å². The van der Waals surface area contributed by atoms with Crippen molar-refractivity contribution in [2.45, 2.75) is 12.8 Å². The van der Waals surface area contributed by atoms with Crippen molar-refractivity contribution in [3.8, 4) is 0 Å². The second-order valence-corrected chi connectivity index (χ2v) is 4.38. The van der Waals surface area contributed by atoms with Gasteiger partial charge in [-0.3, -0.25) is 0 Å². The van der Waals surface area contributed by atoms with Crippen LogP contribution in [-0.4, -0.2) is 23.9 Å². The molecule has 0 fully saturated rings. The Kier molecular flexibility index (Phi) is 3.96. The van der Waals surface area contributed by atoms with Gasteiger partial charge >= 0.3 is 0 Å². The molecule has 0 aliphatic rings. The van der Waals surface area contributed by atoms with Crippen LogP contribution >= 0.6 is 27.3 Å². The molecule has 0 unspecified atom stereocenters. The Bertz CT molecular complexity index is 216. The molecule has 0 aliphatic carbocycles. The number of halogens is 1. The van der Waals surface area contributed by atoms with Gasteiger partial charge in [-0.1, -0.05) is 11.3 Å². The third-order valence-electron chi connectivity index (χ3n) is 1.18. The summed E-state index contributed by atoms with van der Waals surface area (Å²) in [6.45, 7) is 0.789. The summed E-state index contributed by atoms with van der Waals surface area (Å²) in [6, 6.07) is 0. The van der Waals surface area contributed by atoms with E-state index in [0.29, 0.717) is 0 Å². The molecule has 3 nitrogen and oxygen atoms in total. The fraction of sp³-hybridized carbons (Fsp3) is 0.667. The Balaban J connectivity index is 2.27. The molecule has 0 saturated heterocycles. The maximum absolute atomic E-state index is 4.92. The molecule has 0 bridgehead atoms. The second-order valence-electron chi connectivity index (χ2n) is 2.05. The minimum Gasteiger partial charge on any atom is -0.385 e. The van der Waals surface area contributed by atoms with Gasteiger partial charge in [0.2, 0.25) is 0 Å². The smallest absolute Gasteiger partial charge is 0.183 e. The Morgan fingerprint density at radius 3 is 2.91 bits per heavy atom. The molecule has 0 aromatic carbocycles. The standard InChI is InChI=1S/C6H9BrN2OS/c1-10-4-2-3-5-8-9-6(7)11-5/h2-4H2,1H3. The summed E-state index contributed by atoms with van der Waals surface area (Å²) in [7, 11) is 1.70. The van der Waals surface area contributed by atoms with E-state index in [0.717, 1.165) is 28.4 Å². The Labute approximate surface area is 77.9 Å². The van der Waals surface area contributed by atoms with Crippen molar-refractivity contribution in [2.75, 3.05) is 13.7 Å². The maximum atomic E-state index is 4.92. The zero-order valence-corrected chi connectivity index (χ0v) is 8.61. The van der Waals surface area contributed by atoms with Crippen LogP contribution in [0.4, 0.5) is 0 Å². The van der Waals surface area contributed by atoms with Crippen molar-refractivity contribution < 1.29 is 4.74 Å². The Morgan fingerprint density at radius 2 is 2.36 bits per heavy atom. The molecule has 5 heteroatoms. The predicted octanol–water partition coefficient (Wildman–Crippen LogP) is 1.88. The number of rotatable bonds is 4. The second kappa shape index (κ2) is 4.79. The molecule has 0 saturated carbocycles. The van der Waals surface area contributed by atoms with Crippen molar-refractivity contribution in [3.05, 3.63) is 8.92 Å². The van der Waals surface area contributed by atoms with Crippen LogP contribution in [0.5, 0.6) is 0 Å². The number of ether oxygens (including phenoxy) is 1. The normalized spacial score (nSPS) is 10.4. The van der Waals surface area contributed by atoms with Crippen molar-refractivity contribution in [1.82, 2.24) is 10.2 Å². The van der Waals surface area contributed by atoms with Crippen molar-refractivity contribution >= 4 is 27.3 Å². The lowest BCUT2D eigenvalue weighted by molar-refractivity contribution is 0.195. The van der Waals surface area contributed by atoms with Gasteiger partial charge in [0.25, 0.3) is 0 Å². The quantitative estimate of drug-likeness (QED) is 0.750. The fourth-order valence-corrected chi connectivity index (χ4v) is 1.95. The van der Waals surface area contributed by atoms with E-state index < -0.39 is 0 Å². The molecule has 1 aromatic heterocycles. The van der Waals surface area contributed by atoms with Crippen LogP contribution in [0.25, 0.3) is 0 Å². The van der Waals surface area contributed by atoms with Gasteiger partial charge in [0.1, 0.15) is 5.01 Å². The minimum absolute atomic E-state index is 0.789. The van der Waals surface area contributed by atoms with Gasteiger partial charge < -0.3 is 4.74 Å². The van der Waals surface area contributed by atoms with E-state index in [1.165, 1.54) is 0 Å². The third-order valence-corrected chi connectivity index (χ3v) is 2.60. The molecule has 0 radical (unpaired) electrons. The fourth-order valence-electron chi connectivity index (χ4n) is 0.702. The molecule has 0 spiro atoms. The lowest BCUT2D eigenvalue weighted by Crippen LogP contribution is -1.91. The summed E-state index contributed by atoms with van der Waals surface area (Å²) < 4.78 is 5.77. The summed E-state index contributed by atoms with van der Waals surface area (Å²) in [6.07, 6.45) is 1.97. The lowest BCUT2D eigenvalue weighted by Gasteiger charge is -1.93. The van der Waals surface area contributed by atoms with Gasteiger partial charge in [0, 0.05) is 20.1 Å². The van der Waals surface area contributed by atoms with E-state index in [2.05, 4.69) is 26.1 Å². The molecule has 1 heterocycles. The molecule has 1 rings (SSSR count). The largest absolute Gasteiger partial charge is 0.385 e. The molecule has 11 heavy (non-hydrogen) atoms. The van der Waals surface area contributed by atoms with Gasteiger partial charge in [-0.15, -0.1) is 10.2 Å². The van der Waals surface area contributed by atoms with Gasteiger partial charge in [-0.2, -0.15) is 0 Å². The number of aromatic nitrogens is 2. The highest BCUT2D eigenvalue weighted by atomic mass is 79.9. The molecule has 0 N–H and O–H groups in total. The average molecular weight is 237 g/mol. The van der Waals surface area contributed by atoms with E-state index in [4.69, 9.17) is 4.74 Å². The van der Waals surface area contributed by atoms with Crippen LogP contribution in [0.15, 0.2) is 3.92 Å². The van der Waals surface area contributed by atoms with Gasteiger partial charge in [0.05, 0.1) is 0 Å². The monoisotopic (exact) mass is 236 g/mol. The third kappa shape index (κ3) is 3.27. The first kappa shape index (κ1) is 9.09. The molecular formula is C6H9BrN2OS. The van der Waals surface area contributed by atoms with Crippen LogP contribution in [0.1, 0.15) is 11.4 Å². The Hall–Kier alpha value is -0.0000000000000000833. The van der Waals surface area contributed by atoms with Gasteiger partial charge in [-0.05, 0) is 22.4 Å². The first-order valence-electron chi connectivity index (χ1n) is 3.29. The van der Waals surface area contributed by atoms with E-state index >= 15 is 0 Å². The average Bonchev–Trinajstić information content (AvgIpc) is 2.37. The van der Waals surface area contributed by atoms with Gasteiger partial charge in [0.15, 0.2) is 3.92 Å². The molecule has 0 amide bonds. The maximum Gasteiger partial charge on any atom is 0.183 e. The summed E-state index contributed by atoms with van der Waals surface area (Å²) in [5.74, 6) is 0. The van der Waals surface area contributed by atoms with Crippen LogP contribution in [0, 0.1) is 0 Å².